The van der Waals surface area contributed by atoms with Gasteiger partial charge in [0.25, 0.3) is 0 Å². The Labute approximate surface area is 86.3 Å². The fraction of sp³-hybridized carbons (Fsp3) is 0.500. The molecule has 1 aromatic carbocycles. The molecule has 1 saturated heterocycles. The van der Waals surface area contributed by atoms with Crippen LogP contribution in [0.1, 0.15) is 19.4 Å². The van der Waals surface area contributed by atoms with Gasteiger partial charge >= 0.3 is 0 Å². The maximum atomic E-state index is 5.07. The van der Waals surface area contributed by atoms with Crippen molar-refractivity contribution >= 4 is 5.69 Å². The van der Waals surface area contributed by atoms with Crippen molar-refractivity contribution in [3.8, 4) is 0 Å². The second-order valence-electron chi connectivity index (χ2n) is 3.25. The zero-order valence-corrected chi connectivity index (χ0v) is 9.21. The number of benzene rings is 1. The third-order valence-electron chi connectivity index (χ3n) is 2.03. The Morgan fingerprint density at radius 3 is 2.50 bits per heavy atom. The van der Waals surface area contributed by atoms with Crippen LogP contribution in [0.2, 0.25) is 0 Å². The molecule has 0 unspecified atom stereocenters. The Morgan fingerprint density at radius 1 is 1.29 bits per heavy atom. The van der Waals surface area contributed by atoms with Gasteiger partial charge in [0.1, 0.15) is 0 Å². The zero-order valence-electron chi connectivity index (χ0n) is 9.21. The lowest BCUT2D eigenvalue weighted by Crippen LogP contribution is -2.40. The van der Waals surface area contributed by atoms with E-state index in [1.807, 2.05) is 13.8 Å². The number of nitrogens with one attached hydrogen (secondary N) is 1. The minimum atomic E-state index is 0.520. The van der Waals surface area contributed by atoms with Crippen LogP contribution in [-0.4, -0.2) is 19.3 Å². The second-order valence-corrected chi connectivity index (χ2v) is 3.25. The molecule has 1 aromatic rings. The van der Waals surface area contributed by atoms with Gasteiger partial charge in [-0.1, -0.05) is 26.0 Å². The molecule has 78 valence electrons. The fourth-order valence-electron chi connectivity index (χ4n) is 1.29. The molecule has 0 spiro atoms. The van der Waals surface area contributed by atoms with Crippen LogP contribution < -0.4 is 5.32 Å². The lowest BCUT2D eigenvalue weighted by Gasteiger charge is -2.27. The van der Waals surface area contributed by atoms with Gasteiger partial charge in [-0.25, -0.2) is 0 Å². The van der Waals surface area contributed by atoms with E-state index >= 15 is 0 Å². The van der Waals surface area contributed by atoms with Gasteiger partial charge in [0, 0.05) is 5.69 Å². The van der Waals surface area contributed by atoms with E-state index in [-0.39, 0.29) is 0 Å². The molecule has 0 bridgehead atoms. The summed E-state index contributed by atoms with van der Waals surface area (Å²) in [5, 5.41) is 3.39. The number of anilines is 1. The molecule has 0 atom stereocenters. The smallest absolute Gasteiger partial charge is 0.0728 e. The van der Waals surface area contributed by atoms with Crippen LogP contribution in [0, 0.1) is 6.92 Å². The van der Waals surface area contributed by atoms with Crippen LogP contribution in [0.25, 0.3) is 0 Å². The molecule has 0 aliphatic carbocycles. The SMILES string of the molecule is CC.Cc1cccc(NC2COC2)c1. The summed E-state index contributed by atoms with van der Waals surface area (Å²) in [5.74, 6) is 0. The Balaban J connectivity index is 0.000000461. The Kier molecular flexibility index (Phi) is 4.47. The van der Waals surface area contributed by atoms with Gasteiger partial charge in [-0.3, -0.25) is 0 Å². The summed E-state index contributed by atoms with van der Waals surface area (Å²) in [5.41, 5.74) is 2.49. The van der Waals surface area contributed by atoms with Crippen molar-refractivity contribution < 1.29 is 4.74 Å². The fourth-order valence-corrected chi connectivity index (χ4v) is 1.29. The summed E-state index contributed by atoms with van der Waals surface area (Å²) in [6.07, 6.45) is 0. The monoisotopic (exact) mass is 193 g/mol. The highest BCUT2D eigenvalue weighted by molar-refractivity contribution is 5.46. The Morgan fingerprint density at radius 2 is 2.00 bits per heavy atom. The van der Waals surface area contributed by atoms with Crippen molar-refractivity contribution in [1.29, 1.82) is 0 Å². The number of hydrogen-bond donors (Lipinski definition) is 1. The molecule has 1 aliphatic rings. The van der Waals surface area contributed by atoms with Gasteiger partial charge in [0.2, 0.25) is 0 Å². The molecule has 2 rings (SSSR count). The molecule has 1 fully saturated rings. The molecule has 0 amide bonds. The molecule has 2 heteroatoms. The summed E-state index contributed by atoms with van der Waals surface area (Å²) in [7, 11) is 0. The number of aryl methyl sites for hydroxylation is 1. The van der Waals surface area contributed by atoms with Crippen molar-refractivity contribution in [1.82, 2.24) is 0 Å². The van der Waals surface area contributed by atoms with Gasteiger partial charge in [-0.05, 0) is 24.6 Å². The average Bonchev–Trinajstić information content (AvgIpc) is 2.15. The van der Waals surface area contributed by atoms with Crippen molar-refractivity contribution in [2.45, 2.75) is 26.8 Å². The van der Waals surface area contributed by atoms with Gasteiger partial charge in [0.05, 0.1) is 19.3 Å². The predicted octanol–water partition coefficient (Wildman–Crippen LogP) is 2.83. The predicted molar refractivity (Wildman–Crippen MR) is 60.8 cm³/mol. The van der Waals surface area contributed by atoms with Crippen molar-refractivity contribution in [2.75, 3.05) is 18.5 Å². The van der Waals surface area contributed by atoms with E-state index in [1.54, 1.807) is 0 Å². The number of ether oxygens (including phenoxy) is 1. The van der Waals surface area contributed by atoms with Gasteiger partial charge in [-0.15, -0.1) is 0 Å². The van der Waals surface area contributed by atoms with Crippen LogP contribution in [0.5, 0.6) is 0 Å². The maximum absolute atomic E-state index is 5.07. The molecule has 14 heavy (non-hydrogen) atoms. The van der Waals surface area contributed by atoms with Crippen molar-refractivity contribution in [3.63, 3.8) is 0 Å². The largest absolute Gasteiger partial charge is 0.378 e. The molecule has 1 heterocycles. The summed E-state index contributed by atoms with van der Waals surface area (Å²) >= 11 is 0. The first-order valence-electron chi connectivity index (χ1n) is 5.25. The third kappa shape index (κ3) is 3.04. The topological polar surface area (TPSA) is 21.3 Å². The highest BCUT2D eigenvalue weighted by Crippen LogP contribution is 2.13. The molecular weight excluding hydrogens is 174 g/mol. The van der Waals surface area contributed by atoms with Crippen LogP contribution in [0.15, 0.2) is 24.3 Å². The average molecular weight is 193 g/mol. The Bertz CT molecular complexity index is 269. The first-order chi connectivity index (χ1) is 6.84. The molecule has 1 aliphatic heterocycles. The normalized spacial score (nSPS) is 15.1. The molecule has 0 saturated carbocycles. The highest BCUT2D eigenvalue weighted by Gasteiger charge is 2.17. The lowest BCUT2D eigenvalue weighted by molar-refractivity contribution is 0.0211. The zero-order chi connectivity index (χ0) is 10.4. The van der Waals surface area contributed by atoms with Crippen LogP contribution >= 0.6 is 0 Å². The van der Waals surface area contributed by atoms with Gasteiger partial charge < -0.3 is 10.1 Å². The Hall–Kier alpha value is -1.02. The van der Waals surface area contributed by atoms with Crippen molar-refractivity contribution in [2.24, 2.45) is 0 Å². The molecular formula is C12H19NO. The summed E-state index contributed by atoms with van der Waals surface area (Å²) in [6, 6.07) is 8.93. The van der Waals surface area contributed by atoms with E-state index in [9.17, 15) is 0 Å². The van der Waals surface area contributed by atoms with Crippen LogP contribution in [0.4, 0.5) is 5.69 Å². The lowest BCUT2D eigenvalue weighted by atomic mass is 10.2. The maximum Gasteiger partial charge on any atom is 0.0728 e. The molecule has 1 N–H and O–H groups in total. The minimum Gasteiger partial charge on any atom is -0.378 e. The molecule has 0 aromatic heterocycles. The molecule has 0 radical (unpaired) electrons. The van der Waals surface area contributed by atoms with E-state index in [0.29, 0.717) is 6.04 Å². The van der Waals surface area contributed by atoms with Crippen LogP contribution in [-0.2, 0) is 4.74 Å². The number of rotatable bonds is 2. The molecule has 2 nitrogen and oxygen atoms in total. The quantitative estimate of drug-likeness (QED) is 0.779. The summed E-state index contributed by atoms with van der Waals surface area (Å²) in [4.78, 5) is 0. The van der Waals surface area contributed by atoms with Crippen LogP contribution in [0.3, 0.4) is 0 Å². The first-order valence-corrected chi connectivity index (χ1v) is 5.25. The van der Waals surface area contributed by atoms with E-state index in [4.69, 9.17) is 4.74 Å². The van der Waals surface area contributed by atoms with E-state index in [0.717, 1.165) is 13.2 Å². The summed E-state index contributed by atoms with van der Waals surface area (Å²) in [6.45, 7) is 7.78. The minimum absolute atomic E-state index is 0.520. The van der Waals surface area contributed by atoms with Crippen molar-refractivity contribution in [3.05, 3.63) is 29.8 Å². The third-order valence-corrected chi connectivity index (χ3v) is 2.03. The number of hydrogen-bond acceptors (Lipinski definition) is 2. The highest BCUT2D eigenvalue weighted by atomic mass is 16.5. The standard InChI is InChI=1S/C10H13NO.C2H6/c1-8-3-2-4-9(5-8)11-10-6-12-7-10;1-2/h2-5,10-11H,6-7H2,1H3;1-2H3. The van der Waals surface area contributed by atoms with E-state index in [1.165, 1.54) is 11.3 Å². The van der Waals surface area contributed by atoms with E-state index in [2.05, 4.69) is 36.5 Å². The van der Waals surface area contributed by atoms with Gasteiger partial charge in [-0.2, -0.15) is 0 Å². The summed E-state index contributed by atoms with van der Waals surface area (Å²) < 4.78 is 5.07. The first kappa shape index (κ1) is 11.1. The van der Waals surface area contributed by atoms with Gasteiger partial charge in [0.15, 0.2) is 0 Å². The second kappa shape index (κ2) is 5.66. The van der Waals surface area contributed by atoms with E-state index < -0.39 is 0 Å².